The third-order valence-corrected chi connectivity index (χ3v) is 2.09. The summed E-state index contributed by atoms with van der Waals surface area (Å²) in [5, 5.41) is 9.17. The van der Waals surface area contributed by atoms with Gasteiger partial charge in [0.05, 0.1) is 0 Å². The van der Waals surface area contributed by atoms with E-state index < -0.39 is 11.3 Å². The van der Waals surface area contributed by atoms with Gasteiger partial charge in [0.2, 0.25) is 0 Å². The third-order valence-electron chi connectivity index (χ3n) is 1.63. The summed E-state index contributed by atoms with van der Waals surface area (Å²) in [6, 6.07) is 0. The van der Waals surface area contributed by atoms with Gasteiger partial charge in [-0.25, -0.2) is 4.31 Å². The van der Waals surface area contributed by atoms with Crippen LogP contribution in [0.4, 0.5) is 0 Å². The van der Waals surface area contributed by atoms with Crippen molar-refractivity contribution in [2.45, 2.75) is 25.5 Å². The van der Waals surface area contributed by atoms with Crippen LogP contribution in [0.5, 0.6) is 0 Å². The Morgan fingerprint density at radius 2 is 2.36 bits per heavy atom. The van der Waals surface area contributed by atoms with Crippen LogP contribution in [0.15, 0.2) is 0 Å². The molecule has 1 aliphatic heterocycles. The van der Waals surface area contributed by atoms with E-state index in [1.807, 2.05) is 0 Å². The highest BCUT2D eigenvalue weighted by Crippen LogP contribution is 2.18. The first kappa shape index (κ1) is 8.61. The van der Waals surface area contributed by atoms with Gasteiger partial charge in [-0.15, -0.1) is 10.1 Å². The molecule has 0 aromatic carbocycles. The molecule has 1 aliphatic rings. The van der Waals surface area contributed by atoms with Crippen molar-refractivity contribution in [1.29, 1.82) is 0 Å². The van der Waals surface area contributed by atoms with E-state index in [-0.39, 0.29) is 0 Å². The molecule has 1 saturated heterocycles. The molecule has 0 aliphatic carbocycles. The van der Waals surface area contributed by atoms with Crippen molar-refractivity contribution in [3.05, 3.63) is 10.1 Å². The van der Waals surface area contributed by atoms with Crippen LogP contribution >= 0.6 is 12.8 Å². The van der Waals surface area contributed by atoms with Crippen LogP contribution in [0.25, 0.3) is 0 Å². The molecule has 0 spiro atoms. The summed E-state index contributed by atoms with van der Waals surface area (Å²) < 4.78 is 1.56. The molecule has 0 radical (unpaired) electrons. The van der Waals surface area contributed by atoms with E-state index in [9.17, 15) is 10.1 Å². The maximum absolute atomic E-state index is 9.94. The monoisotopic (exact) mass is 178 g/mol. The maximum Gasteiger partial charge on any atom is 0.296 e. The Morgan fingerprint density at radius 3 is 2.91 bits per heavy atom. The minimum Gasteiger partial charge on any atom is -0.294 e. The zero-order valence-electron chi connectivity index (χ0n) is 5.97. The molecular weight excluding hydrogens is 168 g/mol. The molecule has 6 heteroatoms. The number of thiol groups is 1. The van der Waals surface area contributed by atoms with Crippen LogP contribution in [0.1, 0.15) is 19.3 Å². The average molecular weight is 178 g/mol. The molecule has 64 valence electrons. The lowest BCUT2D eigenvalue weighted by atomic mass is 10.1. The molecule has 11 heavy (non-hydrogen) atoms. The summed E-state index contributed by atoms with van der Waals surface area (Å²) in [6.07, 6.45) is 2.23. The van der Waals surface area contributed by atoms with Crippen LogP contribution in [-0.2, 0) is 4.84 Å². The predicted octanol–water partition coefficient (Wildman–Crippen LogP) is 0.851. The van der Waals surface area contributed by atoms with Gasteiger partial charge in [0.25, 0.3) is 5.09 Å². The van der Waals surface area contributed by atoms with E-state index in [0.717, 1.165) is 19.4 Å². The summed E-state index contributed by atoms with van der Waals surface area (Å²) in [4.78, 5) is 14.3. The first-order valence-electron chi connectivity index (χ1n) is 3.47. The molecule has 0 saturated carbocycles. The van der Waals surface area contributed by atoms with Crippen molar-refractivity contribution in [3.8, 4) is 0 Å². The molecular formula is C5H10N2O3S. The average Bonchev–Trinajstić information content (AvgIpc) is 1.93. The van der Waals surface area contributed by atoms with Crippen LogP contribution < -0.4 is 0 Å². The van der Waals surface area contributed by atoms with Crippen molar-refractivity contribution in [3.63, 3.8) is 0 Å². The van der Waals surface area contributed by atoms with E-state index in [1.165, 1.54) is 0 Å². The highest BCUT2D eigenvalue weighted by atomic mass is 32.1. The highest BCUT2D eigenvalue weighted by molar-refractivity contribution is 7.77. The Balaban J connectivity index is 2.35. The molecule has 0 N–H and O–H groups in total. The molecule has 1 rings (SSSR count). The van der Waals surface area contributed by atoms with Crippen molar-refractivity contribution < 1.29 is 9.92 Å². The van der Waals surface area contributed by atoms with Gasteiger partial charge in [0.15, 0.2) is 6.23 Å². The van der Waals surface area contributed by atoms with E-state index in [4.69, 9.17) is 0 Å². The Morgan fingerprint density at radius 1 is 1.64 bits per heavy atom. The number of hydrogen-bond donors (Lipinski definition) is 1. The van der Waals surface area contributed by atoms with Crippen LogP contribution in [0.3, 0.4) is 0 Å². The van der Waals surface area contributed by atoms with Gasteiger partial charge in [-0.1, -0.05) is 12.8 Å². The normalized spacial score (nSPS) is 26.5. The predicted molar refractivity (Wildman–Crippen MR) is 41.4 cm³/mol. The Labute approximate surface area is 70.0 Å². The van der Waals surface area contributed by atoms with Gasteiger partial charge in [0.1, 0.15) is 0 Å². The second-order valence-electron chi connectivity index (χ2n) is 2.44. The second-order valence-corrected chi connectivity index (χ2v) is 2.96. The number of piperidine rings is 1. The van der Waals surface area contributed by atoms with Gasteiger partial charge in [-0.05, 0) is 19.3 Å². The number of hydrogen-bond acceptors (Lipinski definition) is 5. The molecule has 0 aromatic rings. The molecule has 1 atom stereocenters. The molecule has 0 amide bonds. The molecule has 5 nitrogen and oxygen atoms in total. The first-order chi connectivity index (χ1) is 5.20. The lowest BCUT2D eigenvalue weighted by molar-refractivity contribution is -0.773. The second kappa shape index (κ2) is 3.77. The molecule has 1 fully saturated rings. The van der Waals surface area contributed by atoms with Crippen molar-refractivity contribution in [1.82, 2.24) is 4.31 Å². The molecule has 0 aromatic heterocycles. The Bertz CT molecular complexity index is 155. The summed E-state index contributed by atoms with van der Waals surface area (Å²) in [5.41, 5.74) is 0. The Hall–Kier alpha value is -0.490. The molecule has 1 heterocycles. The number of nitrogens with zero attached hydrogens (tertiary/aromatic N) is 2. The zero-order valence-corrected chi connectivity index (χ0v) is 6.87. The van der Waals surface area contributed by atoms with E-state index in [2.05, 4.69) is 17.7 Å². The molecule has 1 unspecified atom stereocenters. The van der Waals surface area contributed by atoms with Crippen molar-refractivity contribution >= 4 is 12.8 Å². The van der Waals surface area contributed by atoms with Crippen molar-refractivity contribution in [2.75, 3.05) is 6.54 Å². The standard InChI is InChI=1S/C5H10N2O3S/c8-7(9)10-5-3-1-2-4-6(5)11/h5,11H,1-4H2. The summed E-state index contributed by atoms with van der Waals surface area (Å²) in [5.74, 6) is 0. The van der Waals surface area contributed by atoms with E-state index in [0.29, 0.717) is 6.42 Å². The SMILES string of the molecule is O=[N+]([O-])OC1CCCCN1S. The zero-order chi connectivity index (χ0) is 8.27. The summed E-state index contributed by atoms with van der Waals surface area (Å²) in [7, 11) is 0. The van der Waals surface area contributed by atoms with Gasteiger partial charge in [-0.2, -0.15) is 0 Å². The smallest absolute Gasteiger partial charge is 0.294 e. The van der Waals surface area contributed by atoms with Crippen molar-refractivity contribution in [2.24, 2.45) is 0 Å². The van der Waals surface area contributed by atoms with E-state index >= 15 is 0 Å². The largest absolute Gasteiger partial charge is 0.296 e. The van der Waals surface area contributed by atoms with Crippen LogP contribution in [-0.4, -0.2) is 22.2 Å². The van der Waals surface area contributed by atoms with Gasteiger partial charge >= 0.3 is 0 Å². The lowest BCUT2D eigenvalue weighted by Gasteiger charge is -2.28. The van der Waals surface area contributed by atoms with E-state index in [1.54, 1.807) is 4.31 Å². The first-order valence-corrected chi connectivity index (χ1v) is 3.87. The summed E-state index contributed by atoms with van der Waals surface area (Å²) >= 11 is 4.03. The minimum absolute atomic E-state index is 0.456. The Kier molecular flexibility index (Phi) is 2.95. The third kappa shape index (κ3) is 2.55. The summed E-state index contributed by atoms with van der Waals surface area (Å²) in [6.45, 7) is 0.752. The highest BCUT2D eigenvalue weighted by Gasteiger charge is 2.22. The molecule has 0 bridgehead atoms. The van der Waals surface area contributed by atoms with Gasteiger partial charge < -0.3 is 0 Å². The minimum atomic E-state index is -0.765. The lowest BCUT2D eigenvalue weighted by Crippen LogP contribution is -2.35. The fraction of sp³-hybridized carbons (Fsp3) is 1.00. The van der Waals surface area contributed by atoms with Gasteiger partial charge in [0, 0.05) is 6.54 Å². The fourth-order valence-electron chi connectivity index (χ4n) is 1.09. The maximum atomic E-state index is 9.94. The van der Waals surface area contributed by atoms with Crippen LogP contribution in [0.2, 0.25) is 0 Å². The number of rotatable bonds is 2. The quantitative estimate of drug-likeness (QED) is 0.387. The fourth-order valence-corrected chi connectivity index (χ4v) is 1.39. The van der Waals surface area contributed by atoms with Crippen LogP contribution in [0, 0.1) is 10.1 Å². The van der Waals surface area contributed by atoms with Gasteiger partial charge in [-0.3, -0.25) is 4.84 Å². The topological polar surface area (TPSA) is 55.6 Å².